The number of unbranched alkanes of at least 4 members (excludes halogenated alkanes) is 1. The molecule has 132 valence electrons. The van der Waals surface area contributed by atoms with Crippen molar-refractivity contribution in [1.82, 2.24) is 10.6 Å². The zero-order chi connectivity index (χ0) is 17.5. The number of rotatable bonds is 8. The van der Waals surface area contributed by atoms with Crippen LogP contribution in [0.25, 0.3) is 0 Å². The van der Waals surface area contributed by atoms with Gasteiger partial charge in [0.2, 0.25) is 0 Å². The molecule has 5 heteroatoms. The molecule has 1 aromatic heterocycles. The fourth-order valence-electron chi connectivity index (χ4n) is 2.47. The Labute approximate surface area is 145 Å². The SMILES string of the molecule is CCCCC(CNC(=O)OC(C)(C)C)NC(C)c1sccc1C. The number of amides is 1. The van der Waals surface area contributed by atoms with E-state index in [4.69, 9.17) is 4.74 Å². The molecular weight excluding hydrogens is 308 g/mol. The lowest BCUT2D eigenvalue weighted by atomic mass is 10.1. The lowest BCUT2D eigenvalue weighted by Gasteiger charge is -2.25. The molecule has 0 radical (unpaired) electrons. The molecule has 0 aliphatic carbocycles. The van der Waals surface area contributed by atoms with Gasteiger partial charge in [0.15, 0.2) is 0 Å². The Hall–Kier alpha value is -1.07. The summed E-state index contributed by atoms with van der Waals surface area (Å²) < 4.78 is 5.31. The molecule has 0 spiro atoms. The van der Waals surface area contributed by atoms with E-state index in [1.807, 2.05) is 20.8 Å². The maximum Gasteiger partial charge on any atom is 0.407 e. The van der Waals surface area contributed by atoms with Crippen LogP contribution in [0.15, 0.2) is 11.4 Å². The van der Waals surface area contributed by atoms with Gasteiger partial charge in [0.05, 0.1) is 0 Å². The maximum atomic E-state index is 11.8. The number of nitrogens with one attached hydrogen (secondary N) is 2. The number of aryl methyl sites for hydroxylation is 1. The van der Waals surface area contributed by atoms with Crippen molar-refractivity contribution in [2.45, 2.75) is 78.5 Å². The van der Waals surface area contributed by atoms with Crippen LogP contribution in [-0.2, 0) is 4.74 Å². The minimum atomic E-state index is -0.461. The Kier molecular flexibility index (Phi) is 8.06. The topological polar surface area (TPSA) is 50.4 Å². The molecule has 1 amide bonds. The Balaban J connectivity index is 2.55. The average molecular weight is 341 g/mol. The molecule has 0 bridgehead atoms. The van der Waals surface area contributed by atoms with Crippen molar-refractivity contribution in [1.29, 1.82) is 0 Å². The van der Waals surface area contributed by atoms with E-state index in [9.17, 15) is 4.79 Å². The Bertz CT molecular complexity index is 480. The predicted molar refractivity (Wildman–Crippen MR) is 98.2 cm³/mol. The first-order chi connectivity index (χ1) is 10.7. The van der Waals surface area contributed by atoms with Gasteiger partial charge in [-0.3, -0.25) is 0 Å². The van der Waals surface area contributed by atoms with Gasteiger partial charge in [0.25, 0.3) is 0 Å². The first kappa shape index (κ1) is 20.0. The monoisotopic (exact) mass is 340 g/mol. The van der Waals surface area contributed by atoms with Crippen LogP contribution in [0.2, 0.25) is 0 Å². The molecule has 0 aliphatic heterocycles. The summed E-state index contributed by atoms with van der Waals surface area (Å²) in [6.45, 7) is 12.7. The van der Waals surface area contributed by atoms with E-state index in [0.29, 0.717) is 6.54 Å². The highest BCUT2D eigenvalue weighted by Gasteiger charge is 2.19. The summed E-state index contributed by atoms with van der Waals surface area (Å²) in [5.74, 6) is 0. The summed E-state index contributed by atoms with van der Waals surface area (Å²) in [5.41, 5.74) is 0.863. The van der Waals surface area contributed by atoms with E-state index < -0.39 is 5.60 Å². The average Bonchev–Trinajstić information content (AvgIpc) is 2.86. The minimum absolute atomic E-state index is 0.249. The van der Waals surface area contributed by atoms with Crippen LogP contribution in [0.5, 0.6) is 0 Å². The minimum Gasteiger partial charge on any atom is -0.444 e. The first-order valence-electron chi connectivity index (χ1n) is 8.49. The number of carbonyl (C=O) groups excluding carboxylic acids is 1. The molecule has 0 aliphatic rings. The molecule has 1 rings (SSSR count). The van der Waals surface area contributed by atoms with Crippen molar-refractivity contribution < 1.29 is 9.53 Å². The van der Waals surface area contributed by atoms with E-state index in [0.717, 1.165) is 19.3 Å². The number of hydrogen-bond acceptors (Lipinski definition) is 4. The number of thiophene rings is 1. The molecule has 1 aromatic rings. The summed E-state index contributed by atoms with van der Waals surface area (Å²) in [7, 11) is 0. The molecule has 4 nitrogen and oxygen atoms in total. The molecule has 0 saturated heterocycles. The summed E-state index contributed by atoms with van der Waals surface area (Å²) in [5, 5.41) is 8.67. The van der Waals surface area contributed by atoms with Crippen LogP contribution < -0.4 is 10.6 Å². The van der Waals surface area contributed by atoms with Crippen LogP contribution in [0, 0.1) is 6.92 Å². The highest BCUT2D eigenvalue weighted by Crippen LogP contribution is 2.24. The van der Waals surface area contributed by atoms with Crippen molar-refractivity contribution in [3.05, 3.63) is 21.9 Å². The van der Waals surface area contributed by atoms with Crippen LogP contribution in [-0.4, -0.2) is 24.3 Å². The van der Waals surface area contributed by atoms with Crippen molar-refractivity contribution in [2.75, 3.05) is 6.54 Å². The standard InChI is InChI=1S/C18H32N2O2S/c1-7-8-9-15(12-19-17(21)22-18(4,5)6)20-14(3)16-13(2)10-11-23-16/h10-11,14-15,20H,7-9,12H2,1-6H3,(H,19,21). The van der Waals surface area contributed by atoms with Gasteiger partial charge in [-0.25, -0.2) is 4.79 Å². The molecular formula is C18H32N2O2S. The summed E-state index contributed by atoms with van der Waals surface area (Å²) in [6.07, 6.45) is 2.99. The van der Waals surface area contributed by atoms with E-state index in [1.165, 1.54) is 10.4 Å². The van der Waals surface area contributed by atoms with Gasteiger partial charge in [0.1, 0.15) is 5.60 Å². The van der Waals surface area contributed by atoms with Crippen LogP contribution in [0.3, 0.4) is 0 Å². The fourth-order valence-corrected chi connectivity index (χ4v) is 3.42. The molecule has 1 heterocycles. The van der Waals surface area contributed by atoms with Gasteiger partial charge < -0.3 is 15.4 Å². The molecule has 2 N–H and O–H groups in total. The van der Waals surface area contributed by atoms with Crippen molar-refractivity contribution in [3.8, 4) is 0 Å². The molecule has 0 aromatic carbocycles. The summed E-state index contributed by atoms with van der Waals surface area (Å²) in [4.78, 5) is 13.2. The smallest absolute Gasteiger partial charge is 0.407 e. The summed E-state index contributed by atoms with van der Waals surface area (Å²) >= 11 is 1.78. The third-order valence-corrected chi connectivity index (χ3v) is 4.78. The first-order valence-corrected chi connectivity index (χ1v) is 9.37. The molecule has 2 unspecified atom stereocenters. The van der Waals surface area contributed by atoms with E-state index in [-0.39, 0.29) is 18.2 Å². The number of carbonyl (C=O) groups is 1. The number of hydrogen-bond donors (Lipinski definition) is 2. The van der Waals surface area contributed by atoms with E-state index in [2.05, 4.69) is 42.9 Å². The molecule has 2 atom stereocenters. The van der Waals surface area contributed by atoms with Crippen molar-refractivity contribution >= 4 is 17.4 Å². The Morgan fingerprint density at radius 3 is 2.61 bits per heavy atom. The zero-order valence-corrected chi connectivity index (χ0v) is 16.2. The zero-order valence-electron chi connectivity index (χ0n) is 15.4. The maximum absolute atomic E-state index is 11.8. The van der Waals surface area contributed by atoms with Gasteiger partial charge in [-0.1, -0.05) is 19.8 Å². The van der Waals surface area contributed by atoms with Gasteiger partial charge >= 0.3 is 6.09 Å². The van der Waals surface area contributed by atoms with Gasteiger partial charge in [0, 0.05) is 23.5 Å². The van der Waals surface area contributed by atoms with Gasteiger partial charge in [-0.15, -0.1) is 11.3 Å². The highest BCUT2D eigenvalue weighted by molar-refractivity contribution is 7.10. The second kappa shape index (κ2) is 9.28. The van der Waals surface area contributed by atoms with E-state index in [1.54, 1.807) is 11.3 Å². The molecule has 23 heavy (non-hydrogen) atoms. The third-order valence-electron chi connectivity index (χ3n) is 3.58. The van der Waals surface area contributed by atoms with E-state index >= 15 is 0 Å². The fraction of sp³-hybridized carbons (Fsp3) is 0.722. The number of ether oxygens (including phenoxy) is 1. The van der Waals surface area contributed by atoms with Crippen LogP contribution in [0.1, 0.15) is 70.4 Å². The lowest BCUT2D eigenvalue weighted by Crippen LogP contribution is -2.43. The summed E-state index contributed by atoms with van der Waals surface area (Å²) in [6, 6.07) is 2.69. The van der Waals surface area contributed by atoms with Crippen LogP contribution in [0.4, 0.5) is 4.79 Å². The van der Waals surface area contributed by atoms with Gasteiger partial charge in [-0.05, 0) is 58.0 Å². The predicted octanol–water partition coefficient (Wildman–Crippen LogP) is 4.79. The highest BCUT2D eigenvalue weighted by atomic mass is 32.1. The quantitative estimate of drug-likeness (QED) is 0.715. The second-order valence-electron chi connectivity index (χ2n) is 7.08. The van der Waals surface area contributed by atoms with Gasteiger partial charge in [-0.2, -0.15) is 0 Å². The normalized spacial score (nSPS) is 14.3. The molecule has 0 fully saturated rings. The van der Waals surface area contributed by atoms with Crippen LogP contribution >= 0.6 is 11.3 Å². The second-order valence-corrected chi connectivity index (χ2v) is 8.03. The van der Waals surface area contributed by atoms with Crippen molar-refractivity contribution in [2.24, 2.45) is 0 Å². The Morgan fingerprint density at radius 1 is 1.39 bits per heavy atom. The lowest BCUT2D eigenvalue weighted by molar-refractivity contribution is 0.0521. The Morgan fingerprint density at radius 2 is 2.09 bits per heavy atom. The largest absolute Gasteiger partial charge is 0.444 e. The van der Waals surface area contributed by atoms with Crippen molar-refractivity contribution in [3.63, 3.8) is 0 Å². The third kappa shape index (κ3) is 7.84. The molecule has 0 saturated carbocycles. The number of alkyl carbamates (subject to hydrolysis) is 1.